The lowest BCUT2D eigenvalue weighted by Crippen LogP contribution is -2.49. The summed E-state index contributed by atoms with van der Waals surface area (Å²) in [7, 11) is 0. The molecule has 0 fully saturated rings. The van der Waals surface area contributed by atoms with E-state index >= 15 is 0 Å². The van der Waals surface area contributed by atoms with Gasteiger partial charge in [-0.15, -0.1) is 0 Å². The van der Waals surface area contributed by atoms with Gasteiger partial charge in [0.05, 0.1) is 17.5 Å². The van der Waals surface area contributed by atoms with Crippen molar-refractivity contribution in [3.8, 4) is 6.07 Å². The molecule has 1 aromatic heterocycles. The number of ketones is 1. The molecule has 0 saturated heterocycles. The van der Waals surface area contributed by atoms with Crippen molar-refractivity contribution < 1.29 is 18.7 Å². The topological polar surface area (TPSA) is 110 Å². The number of benzene rings is 1. The van der Waals surface area contributed by atoms with Gasteiger partial charge in [-0.25, -0.2) is 0 Å². The number of nitriles is 1. The minimum absolute atomic E-state index is 0.00356. The third-order valence-corrected chi connectivity index (χ3v) is 6.90. The molecule has 2 aromatic rings. The molecule has 0 bridgehead atoms. The number of anilines is 1. The summed E-state index contributed by atoms with van der Waals surface area (Å²) in [5, 5.41) is 10.1. The van der Waals surface area contributed by atoms with E-state index in [0.717, 1.165) is 24.1 Å². The number of hydrogen-bond acceptors (Lipinski definition) is 6. The maximum atomic E-state index is 14.0. The number of hydrogen-bond donors (Lipinski definition) is 1. The molecular formula is C24H19N3O4. The predicted octanol–water partition coefficient (Wildman–Crippen LogP) is 2.94. The second kappa shape index (κ2) is 6.11. The molecular weight excluding hydrogens is 394 g/mol. The third-order valence-electron chi connectivity index (χ3n) is 6.90. The number of rotatable bonds is 1. The number of amides is 1. The zero-order chi connectivity index (χ0) is 21.3. The summed E-state index contributed by atoms with van der Waals surface area (Å²) < 4.78 is 11.4. The fourth-order valence-electron chi connectivity index (χ4n) is 5.71. The molecule has 0 saturated carbocycles. The molecule has 2 N–H and O–H groups in total. The van der Waals surface area contributed by atoms with Crippen molar-refractivity contribution in [1.29, 1.82) is 5.26 Å². The Morgan fingerprint density at radius 3 is 2.84 bits per heavy atom. The van der Waals surface area contributed by atoms with Gasteiger partial charge in [0, 0.05) is 30.9 Å². The largest absolute Gasteiger partial charge is 0.469 e. The van der Waals surface area contributed by atoms with Crippen LogP contribution in [0.2, 0.25) is 0 Å². The molecule has 1 amide bonds. The molecule has 0 radical (unpaired) electrons. The summed E-state index contributed by atoms with van der Waals surface area (Å²) >= 11 is 0. The van der Waals surface area contributed by atoms with Crippen LogP contribution in [0.3, 0.4) is 0 Å². The Labute approximate surface area is 178 Å². The van der Waals surface area contributed by atoms with E-state index in [1.807, 2.05) is 24.3 Å². The van der Waals surface area contributed by atoms with E-state index in [1.165, 1.54) is 0 Å². The van der Waals surface area contributed by atoms with Crippen LogP contribution in [-0.2, 0) is 26.2 Å². The van der Waals surface area contributed by atoms with Crippen molar-refractivity contribution in [3.05, 3.63) is 76.3 Å². The van der Waals surface area contributed by atoms with Gasteiger partial charge in [-0.3, -0.25) is 9.59 Å². The van der Waals surface area contributed by atoms with Crippen molar-refractivity contribution in [2.75, 3.05) is 11.4 Å². The number of aryl methyl sites for hydroxylation is 1. The van der Waals surface area contributed by atoms with Gasteiger partial charge < -0.3 is 19.8 Å². The highest BCUT2D eigenvalue weighted by molar-refractivity contribution is 6.20. The van der Waals surface area contributed by atoms with E-state index in [2.05, 4.69) is 6.07 Å². The number of Topliss-reactive ketones (excluding diaryl/α,β-unsaturated/α-hetero) is 1. The normalized spacial score (nSPS) is 26.7. The summed E-state index contributed by atoms with van der Waals surface area (Å²) in [6, 6.07) is 11.4. The zero-order valence-electron chi connectivity index (χ0n) is 16.7. The minimum Gasteiger partial charge on any atom is -0.469 e. The molecule has 6 rings (SSSR count). The van der Waals surface area contributed by atoms with Gasteiger partial charge in [0.15, 0.2) is 5.78 Å². The standard InChI is InChI=1S/C24H19N3O4/c25-12-16-22(26)31-19-11-14(18-7-3-9-30-18)10-17(28)20(19)24(16)15-6-1-4-13-5-2-8-27(21(13)15)23(24)29/h1,3-4,6-7,9,14H,2,5,8,10-11,26H2/t14-,24+/m1/s1. The highest BCUT2D eigenvalue weighted by Crippen LogP contribution is 2.58. The maximum Gasteiger partial charge on any atom is 0.247 e. The Bertz CT molecular complexity index is 1260. The van der Waals surface area contributed by atoms with E-state index < -0.39 is 5.41 Å². The van der Waals surface area contributed by atoms with Crippen LogP contribution in [0.1, 0.15) is 42.1 Å². The van der Waals surface area contributed by atoms with Gasteiger partial charge in [0.2, 0.25) is 11.8 Å². The molecule has 7 nitrogen and oxygen atoms in total. The number of allylic oxidation sites excluding steroid dienone is 1. The molecule has 0 unspecified atom stereocenters. The number of ether oxygens (including phenoxy) is 1. The first-order valence-electron chi connectivity index (χ1n) is 10.4. The second-order valence-electron chi connectivity index (χ2n) is 8.42. The highest BCUT2D eigenvalue weighted by atomic mass is 16.5. The molecule has 4 heterocycles. The Morgan fingerprint density at radius 1 is 1.19 bits per heavy atom. The van der Waals surface area contributed by atoms with Crippen LogP contribution in [0.15, 0.2) is 63.8 Å². The smallest absolute Gasteiger partial charge is 0.247 e. The predicted molar refractivity (Wildman–Crippen MR) is 109 cm³/mol. The van der Waals surface area contributed by atoms with Gasteiger partial charge in [0.1, 0.15) is 28.6 Å². The van der Waals surface area contributed by atoms with E-state index in [-0.39, 0.29) is 41.1 Å². The van der Waals surface area contributed by atoms with Crippen LogP contribution in [0.5, 0.6) is 0 Å². The fourth-order valence-corrected chi connectivity index (χ4v) is 5.71. The lowest BCUT2D eigenvalue weighted by atomic mass is 9.64. The van der Waals surface area contributed by atoms with E-state index in [9.17, 15) is 14.9 Å². The van der Waals surface area contributed by atoms with Crippen molar-refractivity contribution in [1.82, 2.24) is 0 Å². The number of fused-ring (bicyclic) bond motifs is 2. The van der Waals surface area contributed by atoms with E-state index in [1.54, 1.807) is 17.2 Å². The summed E-state index contributed by atoms with van der Waals surface area (Å²) in [6.07, 6.45) is 3.80. The Hall–Kier alpha value is -3.79. The van der Waals surface area contributed by atoms with Crippen LogP contribution in [0.25, 0.3) is 0 Å². The van der Waals surface area contributed by atoms with Gasteiger partial charge >= 0.3 is 0 Å². The van der Waals surface area contributed by atoms with Crippen LogP contribution < -0.4 is 10.6 Å². The lowest BCUT2D eigenvalue weighted by Gasteiger charge is -2.39. The van der Waals surface area contributed by atoms with Crippen molar-refractivity contribution in [2.24, 2.45) is 5.73 Å². The van der Waals surface area contributed by atoms with Crippen LogP contribution in [0.4, 0.5) is 5.69 Å². The van der Waals surface area contributed by atoms with E-state index in [4.69, 9.17) is 14.9 Å². The molecule has 154 valence electrons. The number of furan rings is 1. The zero-order valence-corrected chi connectivity index (χ0v) is 16.7. The molecule has 4 aliphatic rings. The summed E-state index contributed by atoms with van der Waals surface area (Å²) in [4.78, 5) is 29.3. The Morgan fingerprint density at radius 2 is 2.06 bits per heavy atom. The van der Waals surface area contributed by atoms with E-state index in [0.29, 0.717) is 30.0 Å². The number of nitrogens with two attached hydrogens (primary N) is 1. The maximum absolute atomic E-state index is 14.0. The summed E-state index contributed by atoms with van der Waals surface area (Å²) in [5.74, 6) is 0.235. The monoisotopic (exact) mass is 413 g/mol. The van der Waals surface area contributed by atoms with Gasteiger partial charge in [-0.1, -0.05) is 18.2 Å². The number of nitrogens with zero attached hydrogens (tertiary/aromatic N) is 2. The molecule has 1 aromatic carbocycles. The third kappa shape index (κ3) is 2.12. The first kappa shape index (κ1) is 18.0. The average Bonchev–Trinajstić information content (AvgIpc) is 3.38. The number of carbonyl (C=O) groups excluding carboxylic acids is 2. The molecule has 31 heavy (non-hydrogen) atoms. The summed E-state index contributed by atoms with van der Waals surface area (Å²) in [6.45, 7) is 0.551. The molecule has 3 aliphatic heterocycles. The van der Waals surface area contributed by atoms with Gasteiger partial charge in [-0.05, 0) is 30.5 Å². The lowest BCUT2D eigenvalue weighted by molar-refractivity contribution is -0.125. The quantitative estimate of drug-likeness (QED) is 0.770. The summed E-state index contributed by atoms with van der Waals surface area (Å²) in [5.41, 5.74) is 7.47. The number of para-hydroxylation sites is 1. The average molecular weight is 413 g/mol. The molecule has 2 atom stereocenters. The van der Waals surface area contributed by atoms with Crippen molar-refractivity contribution in [2.45, 2.75) is 37.0 Å². The number of carbonyl (C=O) groups is 2. The Balaban J connectivity index is 1.63. The van der Waals surface area contributed by atoms with Crippen LogP contribution in [-0.4, -0.2) is 18.2 Å². The molecule has 1 aliphatic carbocycles. The highest BCUT2D eigenvalue weighted by Gasteiger charge is 2.63. The molecule has 1 spiro atoms. The first-order chi connectivity index (χ1) is 15.1. The molecule has 7 heteroatoms. The first-order valence-corrected chi connectivity index (χ1v) is 10.4. The van der Waals surface area contributed by atoms with Crippen molar-refractivity contribution >= 4 is 17.4 Å². The minimum atomic E-state index is -1.53. The second-order valence-corrected chi connectivity index (χ2v) is 8.42. The Kier molecular flexibility index (Phi) is 3.55. The van der Waals surface area contributed by atoms with Gasteiger partial charge in [0.25, 0.3) is 0 Å². The fraction of sp³-hybridized carbons (Fsp3) is 0.292. The van der Waals surface area contributed by atoms with Gasteiger partial charge in [-0.2, -0.15) is 5.26 Å². The SMILES string of the molecule is N#CC1=C(N)OC2=C(C(=O)C[C@@H](c3ccco3)C2)[C@@]12C(=O)N1CCCc3cccc2c31. The van der Waals surface area contributed by atoms with Crippen LogP contribution in [0, 0.1) is 11.3 Å². The van der Waals surface area contributed by atoms with Crippen LogP contribution >= 0.6 is 0 Å². The van der Waals surface area contributed by atoms with Crippen molar-refractivity contribution in [3.63, 3.8) is 0 Å².